The molecule has 6 heteroatoms. The summed E-state index contributed by atoms with van der Waals surface area (Å²) in [6.07, 6.45) is 5.45. The SMILES string of the molecule is O=C(COc1coc(CO)cc1=O)N1CCCCCC1. The minimum Gasteiger partial charge on any atom is -0.477 e. The number of ether oxygens (including phenoxy) is 1. The Morgan fingerprint density at radius 1 is 1.30 bits per heavy atom. The number of aliphatic hydroxyl groups excluding tert-OH is 1. The first-order chi connectivity index (χ1) is 9.70. The molecule has 0 unspecified atom stereocenters. The Morgan fingerprint density at radius 2 is 2.00 bits per heavy atom. The van der Waals surface area contributed by atoms with Gasteiger partial charge in [0.2, 0.25) is 11.2 Å². The normalized spacial score (nSPS) is 15.8. The lowest BCUT2D eigenvalue weighted by Crippen LogP contribution is -2.36. The van der Waals surface area contributed by atoms with Crippen molar-refractivity contribution < 1.29 is 19.1 Å². The van der Waals surface area contributed by atoms with E-state index < -0.39 is 5.43 Å². The Bertz CT molecular complexity index is 503. The minimum atomic E-state index is -0.399. The lowest BCUT2D eigenvalue weighted by molar-refractivity contribution is -0.133. The van der Waals surface area contributed by atoms with Crippen LogP contribution < -0.4 is 10.2 Å². The van der Waals surface area contributed by atoms with E-state index in [4.69, 9.17) is 14.3 Å². The number of rotatable bonds is 4. The quantitative estimate of drug-likeness (QED) is 0.887. The molecule has 1 fully saturated rings. The molecule has 0 aliphatic carbocycles. The maximum atomic E-state index is 12.0. The van der Waals surface area contributed by atoms with Crippen molar-refractivity contribution in [2.75, 3.05) is 19.7 Å². The van der Waals surface area contributed by atoms with Crippen molar-refractivity contribution in [1.29, 1.82) is 0 Å². The van der Waals surface area contributed by atoms with E-state index >= 15 is 0 Å². The Balaban J connectivity index is 1.91. The lowest BCUT2D eigenvalue weighted by atomic mass is 10.2. The van der Waals surface area contributed by atoms with Crippen molar-refractivity contribution >= 4 is 5.91 Å². The fourth-order valence-corrected chi connectivity index (χ4v) is 2.18. The van der Waals surface area contributed by atoms with Crippen LogP contribution in [0.1, 0.15) is 31.4 Å². The van der Waals surface area contributed by atoms with E-state index in [-0.39, 0.29) is 30.6 Å². The summed E-state index contributed by atoms with van der Waals surface area (Å²) >= 11 is 0. The standard InChI is InChI=1S/C14H19NO5/c16-8-11-7-12(17)13(9-19-11)20-10-14(18)15-5-3-1-2-4-6-15/h7,9,16H,1-6,8,10H2. The molecule has 1 aromatic heterocycles. The van der Waals surface area contributed by atoms with Gasteiger partial charge in [0.15, 0.2) is 6.61 Å². The van der Waals surface area contributed by atoms with Gasteiger partial charge in [-0.3, -0.25) is 9.59 Å². The Morgan fingerprint density at radius 3 is 2.60 bits per heavy atom. The van der Waals surface area contributed by atoms with Crippen molar-refractivity contribution in [1.82, 2.24) is 4.90 Å². The third-order valence-electron chi connectivity index (χ3n) is 3.32. The highest BCUT2D eigenvalue weighted by molar-refractivity contribution is 5.77. The molecule has 0 atom stereocenters. The Kier molecular flexibility index (Phi) is 5.17. The monoisotopic (exact) mass is 281 g/mol. The van der Waals surface area contributed by atoms with Gasteiger partial charge < -0.3 is 19.2 Å². The van der Waals surface area contributed by atoms with Crippen LogP contribution in [0.15, 0.2) is 21.5 Å². The topological polar surface area (TPSA) is 80.0 Å². The van der Waals surface area contributed by atoms with E-state index in [0.29, 0.717) is 0 Å². The van der Waals surface area contributed by atoms with E-state index in [9.17, 15) is 9.59 Å². The molecule has 110 valence electrons. The highest BCUT2D eigenvalue weighted by atomic mass is 16.5. The summed E-state index contributed by atoms with van der Waals surface area (Å²) in [5.74, 6) is 0.0455. The van der Waals surface area contributed by atoms with E-state index in [1.807, 2.05) is 0 Å². The zero-order valence-corrected chi connectivity index (χ0v) is 11.3. The predicted octanol–water partition coefficient (Wildman–Crippen LogP) is 0.913. The molecule has 0 radical (unpaired) electrons. The molecule has 0 spiro atoms. The number of hydrogen-bond donors (Lipinski definition) is 1. The molecule has 20 heavy (non-hydrogen) atoms. The number of carbonyl (C=O) groups excluding carboxylic acids is 1. The average molecular weight is 281 g/mol. The second-order valence-electron chi connectivity index (χ2n) is 4.82. The van der Waals surface area contributed by atoms with Crippen LogP contribution in [-0.2, 0) is 11.4 Å². The van der Waals surface area contributed by atoms with E-state index in [2.05, 4.69) is 0 Å². The van der Waals surface area contributed by atoms with Crippen molar-refractivity contribution in [2.45, 2.75) is 32.3 Å². The molecule has 1 N–H and O–H groups in total. The van der Waals surface area contributed by atoms with Gasteiger partial charge in [-0.1, -0.05) is 12.8 Å². The van der Waals surface area contributed by atoms with Crippen LogP contribution in [0.2, 0.25) is 0 Å². The van der Waals surface area contributed by atoms with Crippen molar-refractivity contribution in [2.24, 2.45) is 0 Å². The van der Waals surface area contributed by atoms with Gasteiger partial charge in [-0.2, -0.15) is 0 Å². The molecule has 1 aromatic rings. The number of likely N-dealkylation sites (tertiary alicyclic amines) is 1. The van der Waals surface area contributed by atoms with E-state index in [1.54, 1.807) is 4.90 Å². The summed E-state index contributed by atoms with van der Waals surface area (Å²) < 4.78 is 10.2. The number of amides is 1. The maximum absolute atomic E-state index is 12.0. The molecule has 0 aromatic carbocycles. The smallest absolute Gasteiger partial charge is 0.260 e. The first kappa shape index (κ1) is 14.6. The first-order valence-corrected chi connectivity index (χ1v) is 6.84. The van der Waals surface area contributed by atoms with Gasteiger partial charge in [-0.25, -0.2) is 0 Å². The third kappa shape index (κ3) is 3.84. The molecule has 1 aliphatic heterocycles. The Hall–Kier alpha value is -1.82. The molecule has 2 rings (SSSR count). The number of hydrogen-bond acceptors (Lipinski definition) is 5. The second kappa shape index (κ2) is 7.09. The van der Waals surface area contributed by atoms with Gasteiger partial charge in [-0.05, 0) is 12.8 Å². The van der Waals surface area contributed by atoms with Crippen LogP contribution in [0.3, 0.4) is 0 Å². The van der Waals surface area contributed by atoms with Crippen molar-refractivity contribution in [3.8, 4) is 5.75 Å². The second-order valence-corrected chi connectivity index (χ2v) is 4.82. The largest absolute Gasteiger partial charge is 0.477 e. The van der Waals surface area contributed by atoms with Gasteiger partial charge in [-0.15, -0.1) is 0 Å². The summed E-state index contributed by atoms with van der Waals surface area (Å²) in [7, 11) is 0. The molecule has 6 nitrogen and oxygen atoms in total. The summed E-state index contributed by atoms with van der Waals surface area (Å²) in [4.78, 5) is 25.4. The maximum Gasteiger partial charge on any atom is 0.260 e. The molecule has 0 saturated carbocycles. The minimum absolute atomic E-state index is 0.00891. The molecule has 2 heterocycles. The van der Waals surface area contributed by atoms with Crippen LogP contribution in [0.4, 0.5) is 0 Å². The van der Waals surface area contributed by atoms with Crippen LogP contribution in [0.25, 0.3) is 0 Å². The first-order valence-electron chi connectivity index (χ1n) is 6.84. The summed E-state index contributed by atoms with van der Waals surface area (Å²) in [5, 5.41) is 8.83. The molecule has 1 aliphatic rings. The fraction of sp³-hybridized carbons (Fsp3) is 0.571. The van der Waals surface area contributed by atoms with Gasteiger partial charge in [0.1, 0.15) is 18.6 Å². The predicted molar refractivity (Wildman–Crippen MR) is 71.4 cm³/mol. The molecular formula is C14H19NO5. The molecule has 1 saturated heterocycles. The lowest BCUT2D eigenvalue weighted by Gasteiger charge is -2.20. The van der Waals surface area contributed by atoms with Gasteiger partial charge in [0.25, 0.3) is 5.91 Å². The molecular weight excluding hydrogens is 262 g/mol. The van der Waals surface area contributed by atoms with Crippen LogP contribution in [0.5, 0.6) is 5.75 Å². The molecule has 1 amide bonds. The summed E-state index contributed by atoms with van der Waals surface area (Å²) in [5.41, 5.74) is -0.399. The summed E-state index contributed by atoms with van der Waals surface area (Å²) in [6.45, 7) is 0.992. The number of nitrogens with zero attached hydrogens (tertiary/aromatic N) is 1. The van der Waals surface area contributed by atoms with Crippen LogP contribution >= 0.6 is 0 Å². The highest BCUT2D eigenvalue weighted by Gasteiger charge is 2.16. The zero-order chi connectivity index (χ0) is 14.4. The van der Waals surface area contributed by atoms with Gasteiger partial charge in [0.05, 0.1) is 0 Å². The number of aliphatic hydroxyl groups is 1. The van der Waals surface area contributed by atoms with Gasteiger partial charge in [0, 0.05) is 19.2 Å². The Labute approximate surface area is 117 Å². The highest BCUT2D eigenvalue weighted by Crippen LogP contribution is 2.11. The van der Waals surface area contributed by atoms with Crippen LogP contribution in [-0.4, -0.2) is 35.6 Å². The zero-order valence-electron chi connectivity index (χ0n) is 11.3. The third-order valence-corrected chi connectivity index (χ3v) is 3.32. The van der Waals surface area contributed by atoms with E-state index in [1.165, 1.54) is 0 Å². The van der Waals surface area contributed by atoms with Gasteiger partial charge >= 0.3 is 0 Å². The fourth-order valence-electron chi connectivity index (χ4n) is 2.18. The van der Waals surface area contributed by atoms with Crippen molar-refractivity contribution in [3.63, 3.8) is 0 Å². The summed E-state index contributed by atoms with van der Waals surface area (Å²) in [6, 6.07) is 1.16. The van der Waals surface area contributed by atoms with E-state index in [0.717, 1.165) is 51.1 Å². The van der Waals surface area contributed by atoms with Crippen LogP contribution in [0, 0.1) is 0 Å². The number of carbonyl (C=O) groups is 1. The average Bonchev–Trinajstić information content (AvgIpc) is 2.74. The molecule has 0 bridgehead atoms. The van der Waals surface area contributed by atoms with Crippen molar-refractivity contribution in [3.05, 3.63) is 28.3 Å².